The van der Waals surface area contributed by atoms with E-state index in [4.69, 9.17) is 0 Å². The summed E-state index contributed by atoms with van der Waals surface area (Å²) < 4.78 is 53.2. The number of amides is 1. The topological polar surface area (TPSA) is 153 Å². The maximum absolute atomic E-state index is 13.3. The Kier molecular flexibility index (Phi) is 8.00. The van der Waals surface area contributed by atoms with Gasteiger partial charge >= 0.3 is 6.55 Å². The summed E-state index contributed by atoms with van der Waals surface area (Å²) in [5.41, 5.74) is 1.98. The Bertz CT molecular complexity index is 1760. The number of carbonyl (C=O) groups is 1. The minimum atomic E-state index is -3.52. The van der Waals surface area contributed by atoms with Crippen molar-refractivity contribution in [2.24, 2.45) is 5.92 Å². The van der Waals surface area contributed by atoms with Crippen molar-refractivity contribution in [3.8, 4) is 22.6 Å². The molecule has 2 N–H and O–H groups in total. The van der Waals surface area contributed by atoms with Crippen LogP contribution in [0.2, 0.25) is 0 Å². The SMILES string of the molecule is CN(C)C(=O)C1CCC(Nc2cc(Nc3ccnc(-c4cnn(S(=O)(=O)C5CC5)c4)n3)ncc2-c2ccn(C(F)F)n2)CC1. The van der Waals surface area contributed by atoms with Gasteiger partial charge in [0.1, 0.15) is 11.6 Å². The van der Waals surface area contributed by atoms with Gasteiger partial charge in [0.2, 0.25) is 5.91 Å². The number of halogens is 2. The maximum atomic E-state index is 13.3. The van der Waals surface area contributed by atoms with E-state index < -0.39 is 21.8 Å². The van der Waals surface area contributed by atoms with Crippen molar-refractivity contribution in [1.29, 1.82) is 0 Å². The molecular weight excluding hydrogens is 594 g/mol. The fourth-order valence-electron chi connectivity index (χ4n) is 5.28. The molecular formula is C28H32F2N10O3S. The molecule has 4 aromatic rings. The standard InChI is InChI=1S/C28H32F2N10O3S/c1-38(2)27(41)17-3-5-19(6-4-17)34-23-13-25(32-15-21(23)22-10-12-39(37-22)28(29)30)35-24-9-11-31-26(36-24)18-14-33-40(16-18)44(42,43)20-7-8-20/h9-17,19-20,28H,3-8H2,1-2H3,(H2,31,32,34,35,36). The molecule has 2 fully saturated rings. The Morgan fingerprint density at radius 1 is 1.05 bits per heavy atom. The number of hydrogen-bond acceptors (Lipinski definition) is 10. The van der Waals surface area contributed by atoms with Gasteiger partial charge in [-0.25, -0.2) is 28.1 Å². The number of hydrogen-bond donors (Lipinski definition) is 2. The van der Waals surface area contributed by atoms with E-state index in [-0.39, 0.29) is 23.7 Å². The second-order valence-electron chi connectivity index (χ2n) is 11.2. The summed E-state index contributed by atoms with van der Waals surface area (Å²) in [6, 6.07) is 4.97. The lowest BCUT2D eigenvalue weighted by Gasteiger charge is -2.31. The molecule has 44 heavy (non-hydrogen) atoms. The van der Waals surface area contributed by atoms with E-state index in [1.54, 1.807) is 37.3 Å². The first-order valence-electron chi connectivity index (χ1n) is 14.3. The monoisotopic (exact) mass is 626 g/mol. The van der Waals surface area contributed by atoms with Gasteiger partial charge in [0, 0.05) is 62.0 Å². The third-order valence-electron chi connectivity index (χ3n) is 7.80. The van der Waals surface area contributed by atoms with Gasteiger partial charge in [0.15, 0.2) is 5.82 Å². The highest BCUT2D eigenvalue weighted by molar-refractivity contribution is 7.90. The summed E-state index contributed by atoms with van der Waals surface area (Å²) in [5.74, 6) is 1.22. The first-order chi connectivity index (χ1) is 21.1. The molecule has 16 heteroatoms. The van der Waals surface area contributed by atoms with E-state index in [2.05, 4.69) is 35.8 Å². The normalized spacial score (nSPS) is 18.8. The third kappa shape index (κ3) is 6.25. The fraction of sp³-hybridized carbons (Fsp3) is 0.429. The molecule has 232 valence electrons. The van der Waals surface area contributed by atoms with Crippen LogP contribution in [-0.4, -0.2) is 78.5 Å². The molecule has 1 amide bonds. The van der Waals surface area contributed by atoms with Gasteiger partial charge in [0.25, 0.3) is 10.0 Å². The van der Waals surface area contributed by atoms with Crippen LogP contribution in [0.3, 0.4) is 0 Å². The van der Waals surface area contributed by atoms with E-state index in [1.165, 1.54) is 30.9 Å². The molecule has 0 aromatic carbocycles. The van der Waals surface area contributed by atoms with Gasteiger partial charge in [-0.05, 0) is 50.7 Å². The summed E-state index contributed by atoms with van der Waals surface area (Å²) in [4.78, 5) is 27.3. The average Bonchev–Trinajstić information content (AvgIpc) is 3.54. The molecule has 4 aromatic heterocycles. The van der Waals surface area contributed by atoms with Crippen LogP contribution in [0.5, 0.6) is 0 Å². The van der Waals surface area contributed by atoms with Gasteiger partial charge in [-0.15, -0.1) is 0 Å². The van der Waals surface area contributed by atoms with E-state index >= 15 is 0 Å². The van der Waals surface area contributed by atoms with Gasteiger partial charge in [-0.1, -0.05) is 0 Å². The lowest BCUT2D eigenvalue weighted by molar-refractivity contribution is -0.133. The Morgan fingerprint density at radius 3 is 2.50 bits per heavy atom. The van der Waals surface area contributed by atoms with Crippen molar-refractivity contribution in [2.45, 2.75) is 56.4 Å². The molecule has 0 spiro atoms. The number of nitrogens with zero attached hydrogens (tertiary/aromatic N) is 8. The van der Waals surface area contributed by atoms with Crippen LogP contribution >= 0.6 is 0 Å². The zero-order valence-corrected chi connectivity index (χ0v) is 25.0. The summed E-state index contributed by atoms with van der Waals surface area (Å²) in [7, 11) is 0.0000854. The molecule has 0 aliphatic heterocycles. The average molecular weight is 627 g/mol. The predicted molar refractivity (Wildman–Crippen MR) is 159 cm³/mol. The second kappa shape index (κ2) is 11.9. The minimum Gasteiger partial charge on any atom is -0.382 e. The molecule has 2 saturated carbocycles. The summed E-state index contributed by atoms with van der Waals surface area (Å²) in [6.07, 6.45) is 11.4. The first kappa shape index (κ1) is 29.6. The third-order valence-corrected chi connectivity index (χ3v) is 9.84. The molecule has 0 atom stereocenters. The van der Waals surface area contributed by atoms with Crippen LogP contribution in [0.15, 0.2) is 49.2 Å². The Hall–Kier alpha value is -4.47. The van der Waals surface area contributed by atoms with Crippen LogP contribution in [0.1, 0.15) is 45.1 Å². The van der Waals surface area contributed by atoms with Crippen molar-refractivity contribution in [3.63, 3.8) is 0 Å². The highest BCUT2D eigenvalue weighted by atomic mass is 32.2. The second-order valence-corrected chi connectivity index (χ2v) is 13.3. The number of anilines is 3. The summed E-state index contributed by atoms with van der Waals surface area (Å²) in [5, 5.41) is 14.3. The van der Waals surface area contributed by atoms with Gasteiger partial charge < -0.3 is 15.5 Å². The van der Waals surface area contributed by atoms with Crippen molar-refractivity contribution in [3.05, 3.63) is 49.2 Å². The number of rotatable bonds is 10. The number of carbonyl (C=O) groups excluding carboxylic acids is 1. The predicted octanol–water partition coefficient (Wildman–Crippen LogP) is 4.14. The van der Waals surface area contributed by atoms with Crippen molar-refractivity contribution in [1.82, 2.24) is 38.8 Å². The molecule has 0 unspecified atom stereocenters. The molecule has 0 radical (unpaired) electrons. The zero-order valence-electron chi connectivity index (χ0n) is 24.1. The Balaban J connectivity index is 1.23. The molecule has 0 saturated heterocycles. The van der Waals surface area contributed by atoms with Crippen LogP contribution in [0.25, 0.3) is 22.6 Å². The number of pyridine rings is 1. The zero-order chi connectivity index (χ0) is 31.0. The molecule has 4 heterocycles. The summed E-state index contributed by atoms with van der Waals surface area (Å²) >= 11 is 0. The highest BCUT2D eigenvalue weighted by Crippen LogP contribution is 2.34. The largest absolute Gasteiger partial charge is 0.382 e. The van der Waals surface area contributed by atoms with Crippen LogP contribution in [0.4, 0.5) is 26.1 Å². The van der Waals surface area contributed by atoms with E-state index in [1.807, 2.05) is 0 Å². The molecule has 2 aliphatic rings. The van der Waals surface area contributed by atoms with Crippen LogP contribution in [0, 0.1) is 5.92 Å². The molecule has 0 bridgehead atoms. The maximum Gasteiger partial charge on any atom is 0.333 e. The lowest BCUT2D eigenvalue weighted by atomic mass is 9.85. The molecule has 2 aliphatic carbocycles. The number of alkyl halides is 2. The minimum absolute atomic E-state index is 0.0215. The van der Waals surface area contributed by atoms with E-state index in [0.717, 1.165) is 29.8 Å². The number of aromatic nitrogens is 7. The molecule has 6 rings (SSSR count). The Labute approximate surface area is 252 Å². The van der Waals surface area contributed by atoms with Gasteiger partial charge in [-0.2, -0.15) is 23.1 Å². The first-order valence-corrected chi connectivity index (χ1v) is 15.8. The van der Waals surface area contributed by atoms with Crippen molar-refractivity contribution in [2.75, 3.05) is 24.7 Å². The van der Waals surface area contributed by atoms with Crippen LogP contribution in [-0.2, 0) is 14.8 Å². The van der Waals surface area contributed by atoms with Gasteiger partial charge in [0.05, 0.1) is 28.9 Å². The van der Waals surface area contributed by atoms with Crippen molar-refractivity contribution < 1.29 is 22.0 Å². The fourth-order valence-corrected chi connectivity index (χ4v) is 6.76. The lowest BCUT2D eigenvalue weighted by Crippen LogP contribution is -2.35. The summed E-state index contributed by atoms with van der Waals surface area (Å²) in [6.45, 7) is -2.77. The van der Waals surface area contributed by atoms with Crippen molar-refractivity contribution >= 4 is 33.3 Å². The van der Waals surface area contributed by atoms with Crippen LogP contribution < -0.4 is 10.6 Å². The smallest absolute Gasteiger partial charge is 0.333 e. The van der Waals surface area contributed by atoms with E-state index in [9.17, 15) is 22.0 Å². The highest BCUT2D eigenvalue weighted by Gasteiger charge is 2.37. The van der Waals surface area contributed by atoms with Gasteiger partial charge in [-0.3, -0.25) is 4.79 Å². The number of nitrogens with one attached hydrogen (secondary N) is 2. The Morgan fingerprint density at radius 2 is 1.82 bits per heavy atom. The van der Waals surface area contributed by atoms with E-state index in [0.29, 0.717) is 51.7 Å². The molecule has 13 nitrogen and oxygen atoms in total. The quantitative estimate of drug-likeness (QED) is 0.263.